The van der Waals surface area contributed by atoms with Gasteiger partial charge in [0.05, 0.1) is 18.4 Å². The zero-order chi connectivity index (χ0) is 23.0. The summed E-state index contributed by atoms with van der Waals surface area (Å²) in [6.07, 6.45) is 1.92. The Morgan fingerprint density at radius 3 is 2.35 bits per heavy atom. The maximum absolute atomic E-state index is 13.0. The SMILES string of the molecule is CC(C)CC(C(=O)NN1C(=O)NC(CO)C1=O)[C@@H](CCCc1ccccc1)C(=O)NO. The smallest absolute Gasteiger partial charge is 0.344 e. The van der Waals surface area contributed by atoms with Crippen molar-refractivity contribution in [2.45, 2.75) is 45.6 Å². The van der Waals surface area contributed by atoms with Gasteiger partial charge in [0.2, 0.25) is 11.8 Å². The fourth-order valence-corrected chi connectivity index (χ4v) is 3.68. The molecule has 1 aliphatic rings. The largest absolute Gasteiger partial charge is 0.394 e. The Morgan fingerprint density at radius 2 is 1.81 bits per heavy atom. The lowest BCUT2D eigenvalue weighted by Gasteiger charge is -2.27. The van der Waals surface area contributed by atoms with E-state index >= 15 is 0 Å². The molecule has 1 aliphatic heterocycles. The summed E-state index contributed by atoms with van der Waals surface area (Å²) in [6, 6.07) is 7.70. The molecule has 10 nitrogen and oxygen atoms in total. The van der Waals surface area contributed by atoms with Gasteiger partial charge in [0, 0.05) is 0 Å². The molecule has 1 aromatic rings. The molecule has 2 unspecified atom stereocenters. The molecule has 0 aromatic heterocycles. The maximum Gasteiger partial charge on any atom is 0.344 e. The normalized spacial score (nSPS) is 18.0. The molecule has 5 N–H and O–H groups in total. The quantitative estimate of drug-likeness (QED) is 0.197. The molecule has 31 heavy (non-hydrogen) atoms. The van der Waals surface area contributed by atoms with E-state index in [1.165, 1.54) is 0 Å². The van der Waals surface area contributed by atoms with E-state index < -0.39 is 48.2 Å². The first-order valence-electron chi connectivity index (χ1n) is 10.3. The van der Waals surface area contributed by atoms with Gasteiger partial charge in [-0.15, -0.1) is 0 Å². The lowest BCUT2D eigenvalue weighted by atomic mass is 9.81. The average molecular weight is 434 g/mol. The second-order valence-electron chi connectivity index (χ2n) is 8.03. The second-order valence-corrected chi connectivity index (χ2v) is 8.03. The first-order chi connectivity index (χ1) is 14.8. The molecule has 0 saturated carbocycles. The van der Waals surface area contributed by atoms with E-state index in [2.05, 4.69) is 10.7 Å². The molecule has 1 heterocycles. The molecular weight excluding hydrogens is 404 g/mol. The lowest BCUT2D eigenvalue weighted by Crippen LogP contribution is -2.51. The van der Waals surface area contributed by atoms with Crippen LogP contribution in [0, 0.1) is 17.8 Å². The summed E-state index contributed by atoms with van der Waals surface area (Å²) in [6.45, 7) is 3.17. The Balaban J connectivity index is 2.14. The van der Waals surface area contributed by atoms with E-state index in [0.717, 1.165) is 5.56 Å². The Hall–Kier alpha value is -2.98. The van der Waals surface area contributed by atoms with Gasteiger partial charge in [-0.1, -0.05) is 44.2 Å². The van der Waals surface area contributed by atoms with Crippen molar-refractivity contribution in [3.63, 3.8) is 0 Å². The van der Waals surface area contributed by atoms with Gasteiger partial charge < -0.3 is 10.4 Å². The molecule has 2 rings (SSSR count). The number of hydrogen-bond donors (Lipinski definition) is 5. The minimum atomic E-state index is -1.13. The van der Waals surface area contributed by atoms with Gasteiger partial charge in [-0.25, -0.2) is 10.3 Å². The summed E-state index contributed by atoms with van der Waals surface area (Å²) in [5.41, 5.74) is 5.00. The summed E-state index contributed by atoms with van der Waals surface area (Å²) in [7, 11) is 0. The van der Waals surface area contributed by atoms with Crippen molar-refractivity contribution in [2.24, 2.45) is 17.8 Å². The van der Waals surface area contributed by atoms with Crippen molar-refractivity contribution in [2.75, 3.05) is 6.61 Å². The molecule has 3 atom stereocenters. The number of aliphatic hydroxyl groups excluding tert-OH is 1. The Kier molecular flexibility index (Phi) is 8.95. The summed E-state index contributed by atoms with van der Waals surface area (Å²) in [5, 5.41) is 21.2. The molecule has 1 saturated heterocycles. The molecule has 1 fully saturated rings. The third-order valence-corrected chi connectivity index (χ3v) is 5.24. The topological polar surface area (TPSA) is 148 Å². The van der Waals surface area contributed by atoms with Gasteiger partial charge in [0.15, 0.2) is 0 Å². The number of nitrogens with one attached hydrogen (secondary N) is 3. The number of urea groups is 1. The van der Waals surface area contributed by atoms with E-state index in [4.69, 9.17) is 5.11 Å². The predicted molar refractivity (Wildman–Crippen MR) is 110 cm³/mol. The molecule has 10 heteroatoms. The Labute approximate surface area is 180 Å². The third kappa shape index (κ3) is 6.50. The number of aliphatic hydroxyl groups is 1. The third-order valence-electron chi connectivity index (χ3n) is 5.24. The van der Waals surface area contributed by atoms with Crippen molar-refractivity contribution in [3.8, 4) is 0 Å². The minimum Gasteiger partial charge on any atom is -0.394 e. The van der Waals surface area contributed by atoms with Gasteiger partial charge >= 0.3 is 6.03 Å². The number of carbonyl (C=O) groups is 4. The number of benzene rings is 1. The number of imide groups is 1. The summed E-state index contributed by atoms with van der Waals surface area (Å²) in [4.78, 5) is 49.6. The Morgan fingerprint density at radius 1 is 1.13 bits per heavy atom. The van der Waals surface area contributed by atoms with E-state index in [-0.39, 0.29) is 5.92 Å². The summed E-state index contributed by atoms with van der Waals surface area (Å²) in [5.74, 6) is -3.85. The zero-order valence-corrected chi connectivity index (χ0v) is 17.7. The van der Waals surface area contributed by atoms with Gasteiger partial charge in [-0.2, -0.15) is 5.01 Å². The van der Waals surface area contributed by atoms with Gasteiger partial charge in [-0.3, -0.25) is 25.0 Å². The standard InChI is InChI=1S/C21H30N4O6/c1-13(2)11-16(18(27)23-25-20(29)17(12-26)22-21(25)30)15(19(28)24-31)10-6-9-14-7-4-3-5-8-14/h3-5,7-8,13,15-17,26,31H,6,9-12H2,1-2H3,(H,22,30)(H,23,27)(H,24,28)/t15-,16?,17?/m1/s1. The van der Waals surface area contributed by atoms with Crippen LogP contribution in [-0.2, 0) is 20.8 Å². The van der Waals surface area contributed by atoms with Gasteiger partial charge in [0.25, 0.3) is 5.91 Å². The van der Waals surface area contributed by atoms with Crippen LogP contribution in [0.2, 0.25) is 0 Å². The number of hydrazine groups is 1. The van der Waals surface area contributed by atoms with Crippen LogP contribution >= 0.6 is 0 Å². The number of rotatable bonds is 11. The number of amides is 5. The molecule has 5 amide bonds. The fourth-order valence-electron chi connectivity index (χ4n) is 3.68. The van der Waals surface area contributed by atoms with Crippen LogP contribution < -0.4 is 16.2 Å². The molecular formula is C21H30N4O6. The average Bonchev–Trinajstić information content (AvgIpc) is 3.03. The van der Waals surface area contributed by atoms with Crippen LogP contribution in [0.4, 0.5) is 4.79 Å². The Bertz CT molecular complexity index is 785. The second kappa shape index (κ2) is 11.4. The number of hydrogen-bond acceptors (Lipinski definition) is 6. The number of aryl methyl sites for hydroxylation is 1. The van der Waals surface area contributed by atoms with Gasteiger partial charge in [-0.05, 0) is 37.2 Å². The van der Waals surface area contributed by atoms with Crippen molar-refractivity contribution in [3.05, 3.63) is 35.9 Å². The van der Waals surface area contributed by atoms with E-state index in [0.29, 0.717) is 30.7 Å². The highest BCUT2D eigenvalue weighted by Crippen LogP contribution is 2.27. The minimum absolute atomic E-state index is 0.0344. The monoisotopic (exact) mass is 434 g/mol. The van der Waals surface area contributed by atoms with Crippen LogP contribution in [0.25, 0.3) is 0 Å². The zero-order valence-electron chi connectivity index (χ0n) is 17.7. The molecule has 0 spiro atoms. The van der Waals surface area contributed by atoms with Crippen molar-refractivity contribution >= 4 is 23.8 Å². The van der Waals surface area contributed by atoms with Crippen molar-refractivity contribution < 1.29 is 29.5 Å². The number of nitrogens with zero attached hydrogens (tertiary/aromatic N) is 1. The molecule has 0 radical (unpaired) electrons. The molecule has 0 bridgehead atoms. The summed E-state index contributed by atoms with van der Waals surface area (Å²) >= 11 is 0. The van der Waals surface area contributed by atoms with Crippen LogP contribution in [0.3, 0.4) is 0 Å². The maximum atomic E-state index is 13.0. The molecule has 170 valence electrons. The lowest BCUT2D eigenvalue weighted by molar-refractivity contribution is -0.145. The highest BCUT2D eigenvalue weighted by molar-refractivity contribution is 6.05. The van der Waals surface area contributed by atoms with Crippen LogP contribution in [0.1, 0.15) is 38.7 Å². The van der Waals surface area contributed by atoms with Crippen molar-refractivity contribution in [1.82, 2.24) is 21.2 Å². The highest BCUT2D eigenvalue weighted by Gasteiger charge is 2.41. The van der Waals surface area contributed by atoms with E-state index in [1.807, 2.05) is 44.2 Å². The van der Waals surface area contributed by atoms with Gasteiger partial charge in [0.1, 0.15) is 6.04 Å². The van der Waals surface area contributed by atoms with Crippen LogP contribution in [0.15, 0.2) is 30.3 Å². The van der Waals surface area contributed by atoms with Crippen LogP contribution in [-0.4, -0.2) is 51.7 Å². The summed E-state index contributed by atoms with van der Waals surface area (Å²) < 4.78 is 0. The number of carbonyl (C=O) groups excluding carboxylic acids is 4. The fraction of sp³-hybridized carbons (Fsp3) is 0.524. The molecule has 0 aliphatic carbocycles. The number of hydroxylamine groups is 1. The van der Waals surface area contributed by atoms with E-state index in [1.54, 1.807) is 5.48 Å². The first-order valence-corrected chi connectivity index (χ1v) is 10.3. The highest BCUT2D eigenvalue weighted by atomic mass is 16.5. The van der Waals surface area contributed by atoms with Crippen LogP contribution in [0.5, 0.6) is 0 Å². The van der Waals surface area contributed by atoms with Crippen molar-refractivity contribution in [1.29, 1.82) is 0 Å². The first kappa shape index (κ1) is 24.3. The predicted octanol–water partition coefficient (Wildman–Crippen LogP) is 0.737. The van der Waals surface area contributed by atoms with E-state index in [9.17, 15) is 24.4 Å². The molecule has 1 aromatic carbocycles.